The molecule has 2 heterocycles. The van der Waals surface area contributed by atoms with E-state index in [0.717, 1.165) is 55.7 Å². The lowest BCUT2D eigenvalue weighted by Gasteiger charge is -2.29. The van der Waals surface area contributed by atoms with E-state index in [1.807, 2.05) is 24.1 Å². The summed E-state index contributed by atoms with van der Waals surface area (Å²) in [7, 11) is 3.54. The van der Waals surface area contributed by atoms with E-state index in [-0.39, 0.29) is 22.9 Å². The second-order valence-electron chi connectivity index (χ2n) is 12.7. The second-order valence-corrected chi connectivity index (χ2v) is 12.7. The quantitative estimate of drug-likeness (QED) is 0.126. The molecule has 5 rings (SSSR count). The van der Waals surface area contributed by atoms with Crippen molar-refractivity contribution in [2.45, 2.75) is 51.2 Å². The molecule has 2 amide bonds. The lowest BCUT2D eigenvalue weighted by atomic mass is 10.1. The molecule has 2 N–H and O–H groups in total. The number of Topliss-reactive ketones (excluding diaryl/α,β-unsaturated/α-hetero) is 1. The van der Waals surface area contributed by atoms with Crippen molar-refractivity contribution in [2.24, 2.45) is 0 Å². The number of alkyl halides is 3. The Hall–Kier alpha value is -5.01. The fourth-order valence-corrected chi connectivity index (χ4v) is 5.97. The molecule has 0 unspecified atom stereocenters. The Morgan fingerprint density at radius 1 is 0.882 bits per heavy atom. The van der Waals surface area contributed by atoms with Crippen LogP contribution in [0.15, 0.2) is 79.0 Å². The van der Waals surface area contributed by atoms with Crippen molar-refractivity contribution in [1.82, 2.24) is 14.7 Å². The standard InChI is InChI=1S/C38H43F3N6O4/c1-45(20-16-32(48)13-8-22-51-2)26-27-9-6-10-28(23-27)36(49)42-34-15-14-30(46-18-4-3-5-19-46)25-33(34)37(50)43-35-17-21-47(44-35)31-12-7-11-29(24-31)38(39,40)41/h6-7,9-12,14-15,17,21,23-25H,3-5,8,13,16,18-20,22,26H2,1-2H3,(H,42,49)(H,43,44,50). The molecule has 0 bridgehead atoms. The molecule has 0 aliphatic carbocycles. The van der Waals surface area contributed by atoms with Crippen molar-refractivity contribution in [1.29, 1.82) is 0 Å². The van der Waals surface area contributed by atoms with Crippen LogP contribution in [0.4, 0.5) is 30.4 Å². The summed E-state index contributed by atoms with van der Waals surface area (Å²) in [5.41, 5.74) is 2.03. The molecule has 51 heavy (non-hydrogen) atoms. The molecule has 1 aromatic heterocycles. The van der Waals surface area contributed by atoms with Gasteiger partial charge in [-0.2, -0.15) is 18.3 Å². The topological polar surface area (TPSA) is 109 Å². The van der Waals surface area contributed by atoms with Crippen molar-refractivity contribution in [3.05, 3.63) is 101 Å². The summed E-state index contributed by atoms with van der Waals surface area (Å²) in [5.74, 6) is -0.624. The monoisotopic (exact) mass is 704 g/mol. The molecule has 0 saturated carbocycles. The van der Waals surface area contributed by atoms with Crippen LogP contribution in [0, 0.1) is 0 Å². The van der Waals surface area contributed by atoms with Crippen LogP contribution in [-0.4, -0.2) is 72.7 Å². The van der Waals surface area contributed by atoms with Crippen molar-refractivity contribution >= 4 is 34.8 Å². The van der Waals surface area contributed by atoms with Crippen molar-refractivity contribution in [2.75, 3.05) is 55.9 Å². The van der Waals surface area contributed by atoms with Crippen molar-refractivity contribution < 1.29 is 32.3 Å². The van der Waals surface area contributed by atoms with Gasteiger partial charge in [0.15, 0.2) is 5.82 Å². The molecule has 270 valence electrons. The minimum Gasteiger partial charge on any atom is -0.385 e. The third-order valence-corrected chi connectivity index (χ3v) is 8.70. The Balaban J connectivity index is 1.30. The van der Waals surface area contributed by atoms with Gasteiger partial charge >= 0.3 is 6.18 Å². The third kappa shape index (κ3) is 10.5. The Labute approximate surface area is 295 Å². The number of ether oxygens (including phenoxy) is 1. The van der Waals surface area contributed by atoms with E-state index in [1.54, 1.807) is 37.4 Å². The summed E-state index contributed by atoms with van der Waals surface area (Å²) in [6, 6.07) is 18.7. The van der Waals surface area contributed by atoms with Gasteiger partial charge in [0.25, 0.3) is 11.8 Å². The van der Waals surface area contributed by atoms with E-state index >= 15 is 0 Å². The molecule has 1 fully saturated rings. The van der Waals surface area contributed by atoms with Crippen LogP contribution in [0.25, 0.3) is 5.69 Å². The van der Waals surface area contributed by atoms with Crippen LogP contribution >= 0.6 is 0 Å². The molecule has 10 nitrogen and oxygen atoms in total. The first kappa shape index (κ1) is 37.3. The molecule has 1 aliphatic rings. The zero-order valence-corrected chi connectivity index (χ0v) is 28.8. The van der Waals surface area contributed by atoms with Crippen LogP contribution in [0.1, 0.15) is 70.4 Å². The molecule has 0 spiro atoms. The molecular formula is C38H43F3N6O4. The molecule has 1 saturated heterocycles. The maximum Gasteiger partial charge on any atom is 0.416 e. The molecule has 0 atom stereocenters. The average Bonchev–Trinajstić information content (AvgIpc) is 3.59. The SMILES string of the molecule is COCCCC(=O)CCN(C)Cc1cccc(C(=O)Nc2ccc(N3CCCCC3)cc2C(=O)Nc2ccn(-c3cccc(C(F)(F)F)c3)n2)c1. The Morgan fingerprint density at radius 3 is 2.43 bits per heavy atom. The molecule has 1 aliphatic heterocycles. The summed E-state index contributed by atoms with van der Waals surface area (Å²) >= 11 is 0. The molecule has 0 radical (unpaired) electrons. The normalized spacial score (nSPS) is 13.3. The number of rotatable bonds is 15. The van der Waals surface area contributed by atoms with Crippen molar-refractivity contribution in [3.63, 3.8) is 0 Å². The third-order valence-electron chi connectivity index (χ3n) is 8.70. The van der Waals surface area contributed by atoms with Crippen LogP contribution in [0.2, 0.25) is 0 Å². The number of nitrogens with one attached hydrogen (secondary N) is 2. The first-order valence-electron chi connectivity index (χ1n) is 17.0. The maximum absolute atomic E-state index is 13.8. The number of amides is 2. The Kier molecular flexibility index (Phi) is 12.6. The van der Waals surface area contributed by atoms with E-state index in [0.29, 0.717) is 50.2 Å². The number of methoxy groups -OCH3 is 1. The molecule has 13 heteroatoms. The number of anilines is 3. The number of nitrogens with zero attached hydrogens (tertiary/aromatic N) is 4. The number of hydrogen-bond acceptors (Lipinski definition) is 7. The molecule has 3 aromatic carbocycles. The number of carbonyl (C=O) groups is 3. The lowest BCUT2D eigenvalue weighted by molar-refractivity contribution is -0.137. The van der Waals surface area contributed by atoms with Gasteiger partial charge in [-0.3, -0.25) is 14.4 Å². The number of piperidine rings is 1. The summed E-state index contributed by atoms with van der Waals surface area (Å²) in [6.07, 6.45) is 1.77. The minimum atomic E-state index is -4.51. The average molecular weight is 705 g/mol. The van der Waals surface area contributed by atoms with E-state index in [4.69, 9.17) is 4.74 Å². The van der Waals surface area contributed by atoms with Gasteiger partial charge in [0, 0.05) is 76.3 Å². The van der Waals surface area contributed by atoms with Gasteiger partial charge in [-0.25, -0.2) is 4.68 Å². The van der Waals surface area contributed by atoms with Crippen LogP contribution in [-0.2, 0) is 22.3 Å². The molecule has 4 aromatic rings. The van der Waals surface area contributed by atoms with Gasteiger partial charge in [0.1, 0.15) is 5.78 Å². The number of aromatic nitrogens is 2. The van der Waals surface area contributed by atoms with Gasteiger partial charge in [0.05, 0.1) is 22.5 Å². The number of carbonyl (C=O) groups excluding carboxylic acids is 3. The highest BCUT2D eigenvalue weighted by atomic mass is 19.4. The number of halogens is 3. The predicted octanol–water partition coefficient (Wildman–Crippen LogP) is 7.20. The maximum atomic E-state index is 13.8. The summed E-state index contributed by atoms with van der Waals surface area (Å²) < 4.78 is 46.1. The summed E-state index contributed by atoms with van der Waals surface area (Å²) in [4.78, 5) is 43.7. The lowest BCUT2D eigenvalue weighted by Crippen LogP contribution is -2.29. The van der Waals surface area contributed by atoms with Crippen LogP contribution < -0.4 is 15.5 Å². The first-order valence-corrected chi connectivity index (χ1v) is 17.0. The van der Waals surface area contributed by atoms with E-state index in [9.17, 15) is 27.6 Å². The predicted molar refractivity (Wildman–Crippen MR) is 190 cm³/mol. The highest BCUT2D eigenvalue weighted by Crippen LogP contribution is 2.31. The summed E-state index contributed by atoms with van der Waals surface area (Å²) in [6.45, 7) is 3.37. The van der Waals surface area contributed by atoms with Crippen molar-refractivity contribution in [3.8, 4) is 5.69 Å². The fraction of sp³-hybridized carbons (Fsp3) is 0.368. The smallest absolute Gasteiger partial charge is 0.385 e. The van der Waals surface area contributed by atoms with Gasteiger partial charge in [-0.15, -0.1) is 0 Å². The highest BCUT2D eigenvalue weighted by Gasteiger charge is 2.30. The fourth-order valence-electron chi connectivity index (χ4n) is 5.97. The number of hydrogen-bond donors (Lipinski definition) is 2. The second kappa shape index (κ2) is 17.3. The minimum absolute atomic E-state index is 0.131. The first-order chi connectivity index (χ1) is 24.5. The van der Waals surface area contributed by atoms with E-state index in [1.165, 1.54) is 29.1 Å². The van der Waals surface area contributed by atoms with Crippen LogP contribution in [0.3, 0.4) is 0 Å². The molecular weight excluding hydrogens is 661 g/mol. The van der Waals surface area contributed by atoms with Gasteiger partial charge in [-0.05, 0) is 86.8 Å². The highest BCUT2D eigenvalue weighted by molar-refractivity contribution is 6.12. The Bertz CT molecular complexity index is 1820. The zero-order valence-electron chi connectivity index (χ0n) is 28.8. The number of benzene rings is 3. The van der Waals surface area contributed by atoms with Gasteiger partial charge in [-0.1, -0.05) is 18.2 Å². The van der Waals surface area contributed by atoms with Gasteiger partial charge < -0.3 is 25.2 Å². The van der Waals surface area contributed by atoms with E-state index in [2.05, 4.69) is 20.6 Å². The van der Waals surface area contributed by atoms with Crippen LogP contribution in [0.5, 0.6) is 0 Å². The largest absolute Gasteiger partial charge is 0.416 e. The van der Waals surface area contributed by atoms with E-state index < -0.39 is 23.6 Å². The van der Waals surface area contributed by atoms with Gasteiger partial charge in [0.2, 0.25) is 0 Å². The zero-order chi connectivity index (χ0) is 36.4. The Morgan fingerprint density at radius 2 is 1.67 bits per heavy atom. The number of ketones is 1. The summed E-state index contributed by atoms with van der Waals surface area (Å²) in [5, 5.41) is 9.93.